The molecule has 0 saturated carbocycles. The highest BCUT2D eigenvalue weighted by Crippen LogP contribution is 2.30. The average Bonchev–Trinajstić information content (AvgIpc) is 2.91. The van der Waals surface area contributed by atoms with Gasteiger partial charge < -0.3 is 10.0 Å². The van der Waals surface area contributed by atoms with Gasteiger partial charge in [0.05, 0.1) is 16.8 Å². The third kappa shape index (κ3) is 7.94. The van der Waals surface area contributed by atoms with Crippen LogP contribution in [0.1, 0.15) is 81.7 Å². The number of likely N-dealkylation sites (tertiary alicyclic amines) is 1. The summed E-state index contributed by atoms with van der Waals surface area (Å²) in [7, 11) is 1.77. The van der Waals surface area contributed by atoms with E-state index in [0.29, 0.717) is 6.54 Å². The topological polar surface area (TPSA) is 78.2 Å². The van der Waals surface area contributed by atoms with Crippen molar-refractivity contribution in [2.45, 2.75) is 72.6 Å². The first kappa shape index (κ1) is 29.4. The summed E-state index contributed by atoms with van der Waals surface area (Å²) in [4.78, 5) is 28.1. The summed E-state index contributed by atoms with van der Waals surface area (Å²) in [5.74, 6) is -0.698. The summed E-state index contributed by atoms with van der Waals surface area (Å²) >= 11 is 0. The van der Waals surface area contributed by atoms with Crippen LogP contribution < -0.4 is 0 Å². The van der Waals surface area contributed by atoms with Crippen molar-refractivity contribution in [3.05, 3.63) is 65.0 Å². The summed E-state index contributed by atoms with van der Waals surface area (Å²) in [6, 6.07) is 10.7. The minimum Gasteiger partial charge on any atom is -0.481 e. The SMILES string of the molecule is CCCCC(=Nc1ccc(CC)cc1C)c1ccc(/C(C=NC)=C/CCN2CCCC(C)(C(=O)O)C2)nc1. The zero-order valence-electron chi connectivity index (χ0n) is 23.8. The second kappa shape index (κ2) is 14.1. The molecule has 204 valence electrons. The van der Waals surface area contributed by atoms with Crippen molar-refractivity contribution in [2.75, 3.05) is 26.7 Å². The molecule has 0 aliphatic carbocycles. The van der Waals surface area contributed by atoms with Crippen molar-refractivity contribution >= 4 is 29.2 Å². The number of piperidine rings is 1. The number of benzene rings is 1. The van der Waals surface area contributed by atoms with Crippen LogP contribution in [0.4, 0.5) is 5.69 Å². The Balaban J connectivity index is 1.77. The molecule has 1 aliphatic rings. The molecule has 6 nitrogen and oxygen atoms in total. The maximum Gasteiger partial charge on any atom is 0.310 e. The molecule has 0 spiro atoms. The molecule has 1 unspecified atom stereocenters. The number of carbonyl (C=O) groups is 1. The number of aliphatic carboxylic acids is 1. The van der Waals surface area contributed by atoms with Crippen LogP contribution in [0.5, 0.6) is 0 Å². The molecule has 1 N–H and O–H groups in total. The molecule has 1 aromatic carbocycles. The lowest BCUT2D eigenvalue weighted by Gasteiger charge is -2.37. The third-order valence-corrected chi connectivity index (χ3v) is 7.45. The molecule has 1 fully saturated rings. The lowest BCUT2D eigenvalue weighted by Crippen LogP contribution is -2.46. The molecule has 2 heterocycles. The van der Waals surface area contributed by atoms with E-state index in [9.17, 15) is 9.90 Å². The molecule has 1 aliphatic heterocycles. The molecule has 0 amide bonds. The summed E-state index contributed by atoms with van der Waals surface area (Å²) in [5, 5.41) is 9.60. The van der Waals surface area contributed by atoms with Gasteiger partial charge in [-0.25, -0.2) is 0 Å². The van der Waals surface area contributed by atoms with Crippen LogP contribution in [0.25, 0.3) is 5.57 Å². The van der Waals surface area contributed by atoms with Gasteiger partial charge >= 0.3 is 5.97 Å². The van der Waals surface area contributed by atoms with E-state index in [2.05, 4.69) is 67.1 Å². The second-order valence-corrected chi connectivity index (χ2v) is 10.6. The van der Waals surface area contributed by atoms with Gasteiger partial charge in [-0.05, 0) is 88.2 Å². The monoisotopic (exact) mass is 516 g/mol. The van der Waals surface area contributed by atoms with Crippen LogP contribution in [0, 0.1) is 12.3 Å². The van der Waals surface area contributed by atoms with Gasteiger partial charge in [0.25, 0.3) is 0 Å². The molecule has 38 heavy (non-hydrogen) atoms. The van der Waals surface area contributed by atoms with Crippen molar-refractivity contribution < 1.29 is 9.90 Å². The van der Waals surface area contributed by atoms with Crippen molar-refractivity contribution in [3.63, 3.8) is 0 Å². The number of unbranched alkanes of at least 4 members (excludes halogenated alkanes) is 1. The Bertz CT molecular complexity index is 1170. The van der Waals surface area contributed by atoms with E-state index in [0.717, 1.165) is 86.3 Å². The number of aryl methyl sites for hydroxylation is 2. The van der Waals surface area contributed by atoms with Gasteiger partial charge in [0.2, 0.25) is 0 Å². The highest BCUT2D eigenvalue weighted by Gasteiger charge is 2.37. The van der Waals surface area contributed by atoms with E-state index < -0.39 is 11.4 Å². The van der Waals surface area contributed by atoms with Crippen LogP contribution in [-0.4, -0.2) is 59.6 Å². The number of nitrogens with zero attached hydrogens (tertiary/aromatic N) is 4. The number of hydrogen-bond donors (Lipinski definition) is 1. The normalized spacial score (nSPS) is 19.3. The van der Waals surface area contributed by atoms with Crippen molar-refractivity contribution in [2.24, 2.45) is 15.4 Å². The first-order chi connectivity index (χ1) is 18.3. The Kier molecular flexibility index (Phi) is 11.0. The van der Waals surface area contributed by atoms with E-state index in [1.807, 2.05) is 19.3 Å². The predicted octanol–water partition coefficient (Wildman–Crippen LogP) is 6.92. The van der Waals surface area contributed by atoms with Gasteiger partial charge in [0.1, 0.15) is 0 Å². The zero-order valence-corrected chi connectivity index (χ0v) is 23.8. The van der Waals surface area contributed by atoms with E-state index in [1.165, 1.54) is 11.1 Å². The lowest BCUT2D eigenvalue weighted by molar-refractivity contribution is -0.151. The molecule has 3 rings (SSSR count). The first-order valence-electron chi connectivity index (χ1n) is 14.0. The smallest absolute Gasteiger partial charge is 0.310 e. The predicted molar refractivity (Wildman–Crippen MR) is 159 cm³/mol. The molecule has 0 radical (unpaired) electrons. The van der Waals surface area contributed by atoms with Crippen molar-refractivity contribution in [3.8, 4) is 0 Å². The highest BCUT2D eigenvalue weighted by atomic mass is 16.4. The summed E-state index contributed by atoms with van der Waals surface area (Å²) in [6.45, 7) is 10.7. The van der Waals surface area contributed by atoms with Gasteiger partial charge in [-0.2, -0.15) is 0 Å². The maximum atomic E-state index is 11.7. The van der Waals surface area contributed by atoms with Gasteiger partial charge in [-0.3, -0.25) is 19.8 Å². The van der Waals surface area contributed by atoms with Crippen molar-refractivity contribution in [1.82, 2.24) is 9.88 Å². The molecular weight excluding hydrogens is 472 g/mol. The Labute approximate surface area is 228 Å². The fourth-order valence-electron chi connectivity index (χ4n) is 5.03. The van der Waals surface area contributed by atoms with E-state index in [1.54, 1.807) is 7.05 Å². The Morgan fingerprint density at radius 3 is 2.68 bits per heavy atom. The zero-order chi connectivity index (χ0) is 27.5. The number of aliphatic imine (C=N–C) groups is 2. The van der Waals surface area contributed by atoms with Gasteiger partial charge in [-0.1, -0.05) is 38.5 Å². The minimum absolute atomic E-state index is 0.598. The quantitative estimate of drug-likeness (QED) is 0.311. The third-order valence-electron chi connectivity index (χ3n) is 7.45. The van der Waals surface area contributed by atoms with E-state index in [-0.39, 0.29) is 0 Å². The molecule has 2 aromatic rings. The largest absolute Gasteiger partial charge is 0.481 e. The van der Waals surface area contributed by atoms with Gasteiger partial charge in [0.15, 0.2) is 0 Å². The highest BCUT2D eigenvalue weighted by molar-refractivity contribution is 6.09. The Morgan fingerprint density at radius 1 is 1.24 bits per heavy atom. The minimum atomic E-state index is -0.698. The number of carboxylic acids is 1. The second-order valence-electron chi connectivity index (χ2n) is 10.6. The molecule has 6 heteroatoms. The molecule has 1 saturated heterocycles. The number of hydrogen-bond acceptors (Lipinski definition) is 5. The number of rotatable bonds is 12. The van der Waals surface area contributed by atoms with Gasteiger partial charge in [0, 0.05) is 49.4 Å². The van der Waals surface area contributed by atoms with Crippen LogP contribution in [0.3, 0.4) is 0 Å². The number of pyridine rings is 1. The molecular formula is C32H44N4O2. The Hall–Kier alpha value is -3.12. The lowest BCUT2D eigenvalue weighted by atomic mass is 9.82. The average molecular weight is 517 g/mol. The number of aromatic nitrogens is 1. The number of allylic oxidation sites excluding steroid dienone is 1. The van der Waals surface area contributed by atoms with E-state index >= 15 is 0 Å². The van der Waals surface area contributed by atoms with Crippen molar-refractivity contribution in [1.29, 1.82) is 0 Å². The fraction of sp³-hybridized carbons (Fsp3) is 0.500. The molecule has 0 bridgehead atoms. The molecule has 1 atom stereocenters. The Morgan fingerprint density at radius 2 is 2.05 bits per heavy atom. The molecule has 1 aromatic heterocycles. The van der Waals surface area contributed by atoms with Crippen LogP contribution in [0.15, 0.2) is 52.6 Å². The first-order valence-corrected chi connectivity index (χ1v) is 14.0. The van der Waals surface area contributed by atoms with Crippen LogP contribution in [0.2, 0.25) is 0 Å². The maximum absolute atomic E-state index is 11.7. The summed E-state index contributed by atoms with van der Waals surface area (Å²) in [5.41, 5.74) is 6.88. The summed E-state index contributed by atoms with van der Waals surface area (Å²) < 4.78 is 0. The van der Waals surface area contributed by atoms with Crippen LogP contribution in [-0.2, 0) is 11.2 Å². The summed E-state index contributed by atoms with van der Waals surface area (Å²) in [6.07, 6.45) is 12.5. The van der Waals surface area contributed by atoms with Crippen LogP contribution >= 0.6 is 0 Å². The van der Waals surface area contributed by atoms with E-state index in [4.69, 9.17) is 9.98 Å². The standard InChI is InChI=1S/C32H44N4O2/c1-6-8-12-30(35-28-15-13-25(7-2)20-24(28)3)27-14-16-29(34-22-27)26(21-33-5)11-9-18-36-19-10-17-32(4,23-36)31(37)38/h11,13-16,20-22H,6-10,12,17-19,23H2,1-5H3,(H,37,38)/b26-11+,33-21?,35-30?. The fourth-order valence-corrected chi connectivity index (χ4v) is 5.03. The van der Waals surface area contributed by atoms with Gasteiger partial charge in [-0.15, -0.1) is 0 Å². The number of carboxylic acid groups (broad SMARTS) is 1.